The fourth-order valence-corrected chi connectivity index (χ4v) is 3.73. The lowest BCUT2D eigenvalue weighted by atomic mass is 9.93. The number of hydrogen-bond donors (Lipinski definition) is 1. The number of hydrogen-bond acceptors (Lipinski definition) is 4. The van der Waals surface area contributed by atoms with Crippen LogP contribution in [-0.2, 0) is 22.7 Å². The summed E-state index contributed by atoms with van der Waals surface area (Å²) in [5, 5.41) is 4.86. The molecule has 6 heteroatoms. The topological polar surface area (TPSA) is 62.3 Å². The zero-order chi connectivity index (χ0) is 16.9. The second kappa shape index (κ2) is 7.57. The van der Waals surface area contributed by atoms with Crippen LogP contribution >= 0.6 is 11.3 Å². The van der Waals surface area contributed by atoms with E-state index in [2.05, 4.69) is 10.3 Å². The summed E-state index contributed by atoms with van der Waals surface area (Å²) in [6.07, 6.45) is 4.65. The lowest BCUT2D eigenvalue weighted by Crippen LogP contribution is -2.51. The third-order valence-electron chi connectivity index (χ3n) is 4.17. The fraction of sp³-hybridized carbons (Fsp3) is 0.389. The maximum atomic E-state index is 13.0. The molecule has 24 heavy (non-hydrogen) atoms. The van der Waals surface area contributed by atoms with Gasteiger partial charge in [-0.15, -0.1) is 11.3 Å². The van der Waals surface area contributed by atoms with Crippen molar-refractivity contribution in [3.63, 3.8) is 0 Å². The Balaban J connectivity index is 1.77. The predicted molar refractivity (Wildman–Crippen MR) is 93.1 cm³/mol. The summed E-state index contributed by atoms with van der Waals surface area (Å²) in [7, 11) is 0. The lowest BCUT2D eigenvalue weighted by molar-refractivity contribution is -0.140. The zero-order valence-corrected chi connectivity index (χ0v) is 14.5. The number of carbonyl (C=O) groups excluding carboxylic acids is 2. The van der Waals surface area contributed by atoms with E-state index in [-0.39, 0.29) is 17.7 Å². The summed E-state index contributed by atoms with van der Waals surface area (Å²) in [4.78, 5) is 31.8. The second-order valence-corrected chi connectivity index (χ2v) is 7.33. The van der Waals surface area contributed by atoms with Crippen molar-refractivity contribution >= 4 is 23.2 Å². The Kier molecular flexibility index (Phi) is 5.25. The van der Waals surface area contributed by atoms with E-state index in [0.29, 0.717) is 25.9 Å². The van der Waals surface area contributed by atoms with Crippen molar-refractivity contribution in [1.29, 1.82) is 0 Å². The molecule has 0 saturated carbocycles. The molecular weight excluding hydrogens is 322 g/mol. The molecule has 3 heterocycles. The van der Waals surface area contributed by atoms with E-state index in [9.17, 15) is 9.59 Å². The van der Waals surface area contributed by atoms with Gasteiger partial charge < -0.3 is 10.2 Å². The molecule has 0 bridgehead atoms. The fourth-order valence-electron chi connectivity index (χ4n) is 3.01. The van der Waals surface area contributed by atoms with Crippen LogP contribution in [0.2, 0.25) is 0 Å². The molecule has 1 aliphatic heterocycles. The molecule has 2 atom stereocenters. The molecular formula is C18H21N3O2S. The average molecular weight is 343 g/mol. The van der Waals surface area contributed by atoms with Gasteiger partial charge in [0, 0.05) is 30.2 Å². The van der Waals surface area contributed by atoms with Crippen molar-refractivity contribution in [3.8, 4) is 0 Å². The molecule has 2 aromatic heterocycles. The van der Waals surface area contributed by atoms with Gasteiger partial charge in [-0.3, -0.25) is 14.6 Å². The van der Waals surface area contributed by atoms with Crippen LogP contribution < -0.4 is 5.32 Å². The predicted octanol–water partition coefficient (Wildman–Crippen LogP) is 2.59. The molecule has 1 fully saturated rings. The highest BCUT2D eigenvalue weighted by Gasteiger charge is 2.32. The van der Waals surface area contributed by atoms with E-state index in [1.807, 2.05) is 41.5 Å². The van der Waals surface area contributed by atoms with Crippen molar-refractivity contribution in [1.82, 2.24) is 15.2 Å². The van der Waals surface area contributed by atoms with Crippen LogP contribution in [0.15, 0.2) is 42.0 Å². The molecule has 0 aliphatic carbocycles. The average Bonchev–Trinajstić information content (AvgIpc) is 3.07. The first-order valence-corrected chi connectivity index (χ1v) is 8.99. The molecule has 0 aromatic carbocycles. The smallest absolute Gasteiger partial charge is 0.245 e. The van der Waals surface area contributed by atoms with E-state index >= 15 is 0 Å². The quantitative estimate of drug-likeness (QED) is 0.908. The Hall–Kier alpha value is -2.21. The van der Waals surface area contributed by atoms with Gasteiger partial charge in [0.05, 0.1) is 6.54 Å². The Labute approximate surface area is 145 Å². The molecule has 126 valence electrons. The number of pyridine rings is 1. The SMILES string of the molecule is C[C@H]1CC(=O)N[C@@H](C(=O)N(Cc2ccncc2)Cc2cccs2)C1. The molecule has 1 saturated heterocycles. The Bertz CT molecular complexity index is 688. The number of piperidine rings is 1. The molecule has 2 aromatic rings. The molecule has 5 nitrogen and oxygen atoms in total. The van der Waals surface area contributed by atoms with Gasteiger partial charge in [0.25, 0.3) is 0 Å². The third-order valence-corrected chi connectivity index (χ3v) is 5.03. The van der Waals surface area contributed by atoms with E-state index in [4.69, 9.17) is 0 Å². The Morgan fingerprint density at radius 1 is 1.33 bits per heavy atom. The number of thiophene rings is 1. The molecule has 0 spiro atoms. The van der Waals surface area contributed by atoms with Crippen LogP contribution in [0.3, 0.4) is 0 Å². The number of aromatic nitrogens is 1. The number of nitrogens with zero attached hydrogens (tertiary/aromatic N) is 2. The van der Waals surface area contributed by atoms with E-state index in [1.165, 1.54) is 0 Å². The van der Waals surface area contributed by atoms with Crippen LogP contribution in [0.25, 0.3) is 0 Å². The highest BCUT2D eigenvalue weighted by molar-refractivity contribution is 7.09. The van der Waals surface area contributed by atoms with Crippen molar-refractivity contribution in [3.05, 3.63) is 52.5 Å². The number of amides is 2. The van der Waals surface area contributed by atoms with Crippen molar-refractivity contribution < 1.29 is 9.59 Å². The van der Waals surface area contributed by atoms with Gasteiger partial charge in [0.15, 0.2) is 0 Å². The maximum Gasteiger partial charge on any atom is 0.245 e. The highest BCUT2D eigenvalue weighted by Crippen LogP contribution is 2.21. The van der Waals surface area contributed by atoms with E-state index in [1.54, 1.807) is 23.7 Å². The van der Waals surface area contributed by atoms with Gasteiger partial charge in [-0.25, -0.2) is 0 Å². The summed E-state index contributed by atoms with van der Waals surface area (Å²) in [6.45, 7) is 3.09. The van der Waals surface area contributed by atoms with Crippen LogP contribution in [0.5, 0.6) is 0 Å². The molecule has 0 unspecified atom stereocenters. The molecule has 1 N–H and O–H groups in total. The van der Waals surface area contributed by atoms with Crippen molar-refractivity contribution in [2.75, 3.05) is 0 Å². The number of carbonyl (C=O) groups is 2. The Morgan fingerprint density at radius 2 is 2.12 bits per heavy atom. The first-order valence-electron chi connectivity index (χ1n) is 8.11. The van der Waals surface area contributed by atoms with Gasteiger partial charge in [-0.2, -0.15) is 0 Å². The molecule has 0 radical (unpaired) electrons. The van der Waals surface area contributed by atoms with Gasteiger partial charge in [0.1, 0.15) is 6.04 Å². The summed E-state index contributed by atoms with van der Waals surface area (Å²) in [6, 6.07) is 7.41. The van der Waals surface area contributed by atoms with E-state index < -0.39 is 6.04 Å². The lowest BCUT2D eigenvalue weighted by Gasteiger charge is -2.32. The number of nitrogens with one attached hydrogen (secondary N) is 1. The van der Waals surface area contributed by atoms with Crippen molar-refractivity contribution in [2.24, 2.45) is 5.92 Å². The molecule has 2 amide bonds. The third kappa shape index (κ3) is 4.20. The Morgan fingerprint density at radius 3 is 2.79 bits per heavy atom. The highest BCUT2D eigenvalue weighted by atomic mass is 32.1. The molecule has 3 rings (SSSR count). The first kappa shape index (κ1) is 16.6. The minimum absolute atomic E-state index is 0.0138. The standard InChI is InChI=1S/C18H21N3O2S/c1-13-9-16(20-17(22)10-13)18(23)21(12-15-3-2-8-24-15)11-14-4-6-19-7-5-14/h2-8,13,16H,9-12H2,1H3,(H,20,22)/t13-,16-/m1/s1. The maximum absolute atomic E-state index is 13.0. The van der Waals surface area contributed by atoms with Crippen LogP contribution in [-0.4, -0.2) is 27.7 Å². The first-order chi connectivity index (χ1) is 11.6. The van der Waals surface area contributed by atoms with Gasteiger partial charge in [-0.1, -0.05) is 13.0 Å². The van der Waals surface area contributed by atoms with Crippen LogP contribution in [0.4, 0.5) is 0 Å². The molecule has 1 aliphatic rings. The largest absolute Gasteiger partial charge is 0.344 e. The summed E-state index contributed by atoms with van der Waals surface area (Å²) in [5.74, 6) is 0.185. The summed E-state index contributed by atoms with van der Waals surface area (Å²) >= 11 is 1.63. The zero-order valence-electron chi connectivity index (χ0n) is 13.6. The normalized spacial score (nSPS) is 20.5. The number of rotatable bonds is 5. The van der Waals surface area contributed by atoms with Gasteiger partial charge >= 0.3 is 0 Å². The monoisotopic (exact) mass is 343 g/mol. The van der Waals surface area contributed by atoms with Crippen LogP contribution in [0.1, 0.15) is 30.2 Å². The van der Waals surface area contributed by atoms with Crippen LogP contribution in [0, 0.1) is 5.92 Å². The minimum Gasteiger partial charge on any atom is -0.344 e. The minimum atomic E-state index is -0.428. The summed E-state index contributed by atoms with van der Waals surface area (Å²) in [5.41, 5.74) is 1.03. The van der Waals surface area contributed by atoms with E-state index in [0.717, 1.165) is 10.4 Å². The summed E-state index contributed by atoms with van der Waals surface area (Å²) < 4.78 is 0. The second-order valence-electron chi connectivity index (χ2n) is 6.29. The van der Waals surface area contributed by atoms with Gasteiger partial charge in [-0.05, 0) is 41.5 Å². The van der Waals surface area contributed by atoms with Crippen molar-refractivity contribution in [2.45, 2.75) is 38.9 Å². The van der Waals surface area contributed by atoms with Gasteiger partial charge in [0.2, 0.25) is 11.8 Å².